The van der Waals surface area contributed by atoms with Gasteiger partial charge in [-0.2, -0.15) is 0 Å². The van der Waals surface area contributed by atoms with Crippen molar-refractivity contribution in [2.24, 2.45) is 11.7 Å². The molecule has 0 aliphatic heterocycles. The first kappa shape index (κ1) is 59.2. The first-order chi connectivity index (χ1) is 31.6. The minimum absolute atomic E-state index is 0.00738. The summed E-state index contributed by atoms with van der Waals surface area (Å²) >= 11 is 0. The molecule has 374 valence electrons. The Kier molecular flexibility index (Phi) is 33.5. The molecule has 0 aromatic heterocycles. The van der Waals surface area contributed by atoms with Gasteiger partial charge in [0.1, 0.15) is 30.0 Å². The highest BCUT2D eigenvalue weighted by Gasteiger charge is 2.23. The van der Waals surface area contributed by atoms with Gasteiger partial charge >= 0.3 is 11.9 Å². The number of carboxylic acids is 2. The number of primary amides is 1. The molecule has 0 spiro atoms. The van der Waals surface area contributed by atoms with Gasteiger partial charge in [0.15, 0.2) is 5.78 Å². The zero-order chi connectivity index (χ0) is 49.0. The summed E-state index contributed by atoms with van der Waals surface area (Å²) in [4.78, 5) is 97.0. The molecule has 0 saturated heterocycles. The summed E-state index contributed by atoms with van der Waals surface area (Å²) < 4.78 is 10.9. The number of nitrogens with two attached hydrogens (primary N) is 1. The number of carbonyl (C=O) groups is 8. The molecule has 9 N–H and O–H groups in total. The van der Waals surface area contributed by atoms with Crippen LogP contribution in [-0.2, 0) is 54.3 Å². The molecular weight excluding hydrogens is 855 g/mol. The Labute approximate surface area is 390 Å². The Hall–Kier alpha value is -4.78. The average molecular weight is 934 g/mol. The molecule has 0 heterocycles. The highest BCUT2D eigenvalue weighted by molar-refractivity contribution is 5.88. The minimum Gasteiger partial charge on any atom is -0.508 e. The summed E-state index contributed by atoms with van der Waals surface area (Å²) in [6.07, 6.45) is 12.8. The lowest BCUT2D eigenvalue weighted by atomic mass is 10.0. The molecule has 3 atom stereocenters. The molecule has 18 nitrogen and oxygen atoms in total. The Morgan fingerprint density at radius 2 is 1.21 bits per heavy atom. The minimum atomic E-state index is -1.18. The van der Waals surface area contributed by atoms with Crippen LogP contribution in [0.4, 0.5) is 0 Å². The summed E-state index contributed by atoms with van der Waals surface area (Å²) in [6, 6.07) is 3.72. The maximum atomic E-state index is 13.2. The maximum absolute atomic E-state index is 13.2. The van der Waals surface area contributed by atoms with E-state index in [4.69, 9.17) is 20.3 Å². The molecule has 1 aromatic rings. The number of ketones is 3. The number of ether oxygens (including phenoxy) is 2. The maximum Gasteiger partial charge on any atom is 0.326 e. The zero-order valence-electron chi connectivity index (χ0n) is 39.4. The lowest BCUT2D eigenvalue weighted by Crippen LogP contribution is -2.49. The summed E-state index contributed by atoms with van der Waals surface area (Å²) in [7, 11) is 0. The van der Waals surface area contributed by atoms with Crippen molar-refractivity contribution in [3.05, 3.63) is 29.8 Å². The molecule has 1 aromatic carbocycles. The quantitative estimate of drug-likeness (QED) is 0.0423. The molecule has 3 amide bonds. The van der Waals surface area contributed by atoms with Gasteiger partial charge in [-0.1, -0.05) is 77.3 Å². The molecule has 0 bridgehead atoms. The fourth-order valence-corrected chi connectivity index (χ4v) is 7.07. The molecule has 0 aliphatic carbocycles. The van der Waals surface area contributed by atoms with Crippen molar-refractivity contribution in [2.75, 3.05) is 46.1 Å². The third-order valence-electron chi connectivity index (χ3n) is 10.8. The number of amides is 3. The number of benzene rings is 1. The van der Waals surface area contributed by atoms with E-state index in [1.54, 1.807) is 12.1 Å². The van der Waals surface area contributed by atoms with E-state index in [0.717, 1.165) is 63.4 Å². The van der Waals surface area contributed by atoms with Crippen LogP contribution in [0.25, 0.3) is 0 Å². The van der Waals surface area contributed by atoms with E-state index in [-0.39, 0.29) is 119 Å². The number of carbonyl (C=O) groups excluding carboxylic acids is 6. The fourth-order valence-electron chi connectivity index (χ4n) is 7.07. The second kappa shape index (κ2) is 37.3. The smallest absolute Gasteiger partial charge is 0.326 e. The van der Waals surface area contributed by atoms with Gasteiger partial charge in [0.2, 0.25) is 17.7 Å². The van der Waals surface area contributed by atoms with Crippen LogP contribution in [0.2, 0.25) is 0 Å². The van der Waals surface area contributed by atoms with E-state index in [9.17, 15) is 48.6 Å². The second-order valence-corrected chi connectivity index (χ2v) is 17.3. The largest absolute Gasteiger partial charge is 0.508 e. The van der Waals surface area contributed by atoms with Crippen molar-refractivity contribution in [2.45, 2.75) is 167 Å². The van der Waals surface area contributed by atoms with E-state index < -0.39 is 36.0 Å². The highest BCUT2D eigenvalue weighted by atomic mass is 16.5. The number of phenolic OH excluding ortho intramolecular Hbond substituents is 1. The molecular formula is C48H79N5O13. The van der Waals surface area contributed by atoms with E-state index in [0.29, 0.717) is 45.1 Å². The Morgan fingerprint density at radius 1 is 0.606 bits per heavy atom. The van der Waals surface area contributed by atoms with Crippen LogP contribution in [0.15, 0.2) is 24.3 Å². The molecule has 66 heavy (non-hydrogen) atoms. The van der Waals surface area contributed by atoms with E-state index in [1.807, 2.05) is 13.8 Å². The first-order valence-corrected chi connectivity index (χ1v) is 23.8. The number of unbranched alkanes of at least 4 members (excludes halogenated alkanes) is 10. The van der Waals surface area contributed by atoms with Crippen LogP contribution in [0, 0.1) is 5.92 Å². The summed E-state index contributed by atoms with van der Waals surface area (Å²) in [5.74, 6) is -3.34. The van der Waals surface area contributed by atoms with Crippen molar-refractivity contribution in [3.8, 4) is 5.75 Å². The second-order valence-electron chi connectivity index (χ2n) is 17.3. The molecule has 0 radical (unpaired) electrons. The number of Topliss-reactive ketones (excluding diaryl/α,β-unsaturated/α-hetero) is 3. The number of nitrogens with one attached hydrogen (secondary N) is 4. The summed E-state index contributed by atoms with van der Waals surface area (Å²) in [6.45, 7) is 4.56. The molecule has 0 unspecified atom stereocenters. The molecule has 1 rings (SSSR count). The van der Waals surface area contributed by atoms with Crippen LogP contribution in [-0.4, -0.2) is 127 Å². The lowest BCUT2D eigenvalue weighted by molar-refractivity contribution is -0.142. The van der Waals surface area contributed by atoms with Crippen LogP contribution >= 0.6 is 0 Å². The van der Waals surface area contributed by atoms with Crippen LogP contribution in [0.3, 0.4) is 0 Å². The molecule has 18 heteroatoms. The monoisotopic (exact) mass is 934 g/mol. The topological polar surface area (TPSA) is 290 Å². The molecule has 0 aliphatic rings. The van der Waals surface area contributed by atoms with Gasteiger partial charge in [0.25, 0.3) is 0 Å². The number of hydrogen-bond acceptors (Lipinski definition) is 13. The van der Waals surface area contributed by atoms with Gasteiger partial charge in [0, 0.05) is 45.3 Å². The molecule has 0 saturated carbocycles. The van der Waals surface area contributed by atoms with E-state index in [2.05, 4.69) is 21.3 Å². The standard InChI is InChI=1S/C48H79N5O13/c1-35(2)30-39(56)32-51-40(43(57)33-52-42(47(49)62)31-36-20-22-38(55)23-21-36)17-13-14-26-50-45(59)34-66-29-28-65-27-15-16-37(54)24-25-41(48(63)64)53-44(58)18-11-9-7-5-3-4-6-8-10-12-19-46(60)61/h20-23,35,40-42,51-52,55H,3-19,24-34H2,1-2H3,(H2,49,62)(H,50,59)(H,53,58)(H,60,61)(H,63,64)/t40-,41-,42-/m0/s1. The normalized spacial score (nSPS) is 12.6. The van der Waals surface area contributed by atoms with Gasteiger partial charge in [-0.3, -0.25) is 38.9 Å². The summed E-state index contributed by atoms with van der Waals surface area (Å²) in [5, 5.41) is 39.1. The number of carboxylic acid groups (broad SMARTS) is 2. The number of hydrogen-bond donors (Lipinski definition) is 8. The van der Waals surface area contributed by atoms with Gasteiger partial charge in [-0.05, 0) is 75.0 Å². The summed E-state index contributed by atoms with van der Waals surface area (Å²) in [5.41, 5.74) is 6.33. The predicted octanol–water partition coefficient (Wildman–Crippen LogP) is 4.31. The SMILES string of the molecule is CC(C)CC(=O)CN[C@@H](CCCCNC(=O)COCCOCCCC(=O)CC[C@H](NC(=O)CCCCCCCCCCCCC(=O)O)C(=O)O)C(=O)CN[C@@H](Cc1ccc(O)cc1)C(N)=O. The predicted molar refractivity (Wildman–Crippen MR) is 249 cm³/mol. The lowest BCUT2D eigenvalue weighted by Gasteiger charge is -2.20. The van der Waals surface area contributed by atoms with Crippen molar-refractivity contribution in [3.63, 3.8) is 0 Å². The number of phenols is 1. The third-order valence-corrected chi connectivity index (χ3v) is 10.8. The van der Waals surface area contributed by atoms with Gasteiger partial charge in [-0.15, -0.1) is 0 Å². The highest BCUT2D eigenvalue weighted by Crippen LogP contribution is 2.14. The van der Waals surface area contributed by atoms with Gasteiger partial charge in [0.05, 0.1) is 38.4 Å². The Balaban J connectivity index is 2.22. The molecule has 0 fully saturated rings. The van der Waals surface area contributed by atoms with E-state index >= 15 is 0 Å². The van der Waals surface area contributed by atoms with Gasteiger partial charge in [-0.25, -0.2) is 4.79 Å². The van der Waals surface area contributed by atoms with Crippen LogP contribution in [0.1, 0.15) is 148 Å². The van der Waals surface area contributed by atoms with Gasteiger partial charge < -0.3 is 46.5 Å². The average Bonchev–Trinajstić information content (AvgIpc) is 3.25. The van der Waals surface area contributed by atoms with Crippen molar-refractivity contribution < 1.29 is 63.1 Å². The number of aromatic hydroxyl groups is 1. The Bertz CT molecular complexity index is 1590. The van der Waals surface area contributed by atoms with E-state index in [1.165, 1.54) is 12.1 Å². The third kappa shape index (κ3) is 32.8. The van der Waals surface area contributed by atoms with Crippen molar-refractivity contribution >= 4 is 47.0 Å². The van der Waals surface area contributed by atoms with Crippen LogP contribution < -0.4 is 27.0 Å². The number of aliphatic carboxylic acids is 2. The Morgan fingerprint density at radius 3 is 1.82 bits per heavy atom. The fraction of sp³-hybridized carbons (Fsp3) is 0.708. The number of rotatable bonds is 44. The zero-order valence-corrected chi connectivity index (χ0v) is 39.4. The first-order valence-electron chi connectivity index (χ1n) is 23.8. The van der Waals surface area contributed by atoms with Crippen molar-refractivity contribution in [1.82, 2.24) is 21.3 Å². The van der Waals surface area contributed by atoms with Crippen molar-refractivity contribution in [1.29, 1.82) is 0 Å². The van der Waals surface area contributed by atoms with Crippen LogP contribution in [0.5, 0.6) is 5.75 Å².